The van der Waals surface area contributed by atoms with Crippen LogP contribution in [0.1, 0.15) is 19.3 Å². The molecule has 2 saturated heterocycles. The number of amides is 1. The maximum atomic E-state index is 12.9. The van der Waals surface area contributed by atoms with Gasteiger partial charge in [0.2, 0.25) is 15.9 Å². The van der Waals surface area contributed by atoms with Gasteiger partial charge in [-0.1, -0.05) is 30.3 Å². The van der Waals surface area contributed by atoms with Crippen molar-refractivity contribution in [3.63, 3.8) is 0 Å². The molecule has 2 fully saturated rings. The Labute approximate surface area is 148 Å². The third-order valence-electron chi connectivity index (χ3n) is 5.33. The van der Waals surface area contributed by atoms with Crippen molar-refractivity contribution in [3.8, 4) is 0 Å². The van der Waals surface area contributed by atoms with Crippen LogP contribution in [0.4, 0.5) is 0 Å². The van der Waals surface area contributed by atoms with Gasteiger partial charge in [0.25, 0.3) is 0 Å². The number of hydrogen-bond acceptors (Lipinski definition) is 3. The van der Waals surface area contributed by atoms with E-state index >= 15 is 0 Å². The Morgan fingerprint density at radius 3 is 2.24 bits per heavy atom. The SMILES string of the molecule is O=C(C1CCN(S(=O)(=O)c2ccc3ccccc3c2)CC1)N1CCC1. The zero-order valence-corrected chi connectivity index (χ0v) is 14.9. The third-order valence-corrected chi connectivity index (χ3v) is 7.22. The third kappa shape index (κ3) is 3.04. The molecule has 0 atom stereocenters. The smallest absolute Gasteiger partial charge is 0.243 e. The molecule has 1 amide bonds. The van der Waals surface area contributed by atoms with E-state index < -0.39 is 10.0 Å². The molecule has 132 valence electrons. The number of piperidine rings is 1. The highest BCUT2D eigenvalue weighted by Gasteiger charge is 2.35. The lowest BCUT2D eigenvalue weighted by molar-refractivity contribution is -0.140. The highest BCUT2D eigenvalue weighted by molar-refractivity contribution is 7.89. The summed E-state index contributed by atoms with van der Waals surface area (Å²) in [6.07, 6.45) is 2.31. The maximum Gasteiger partial charge on any atom is 0.243 e. The molecule has 0 N–H and O–H groups in total. The molecule has 2 aromatic rings. The summed E-state index contributed by atoms with van der Waals surface area (Å²) in [7, 11) is -3.51. The minimum absolute atomic E-state index is 0.0247. The van der Waals surface area contributed by atoms with Crippen LogP contribution in [-0.2, 0) is 14.8 Å². The van der Waals surface area contributed by atoms with Gasteiger partial charge in [0.05, 0.1) is 4.90 Å². The summed E-state index contributed by atoms with van der Waals surface area (Å²) >= 11 is 0. The van der Waals surface area contributed by atoms with E-state index in [9.17, 15) is 13.2 Å². The molecule has 0 spiro atoms. The number of likely N-dealkylation sites (tertiary alicyclic amines) is 1. The number of sulfonamides is 1. The first-order valence-electron chi connectivity index (χ1n) is 8.83. The highest BCUT2D eigenvalue weighted by Crippen LogP contribution is 2.27. The van der Waals surface area contributed by atoms with Crippen molar-refractivity contribution in [2.45, 2.75) is 24.2 Å². The molecule has 0 aliphatic carbocycles. The number of carbonyl (C=O) groups excluding carboxylic acids is 1. The average Bonchev–Trinajstić information content (AvgIpc) is 2.60. The zero-order valence-electron chi connectivity index (χ0n) is 14.1. The van der Waals surface area contributed by atoms with Gasteiger partial charge >= 0.3 is 0 Å². The fourth-order valence-corrected chi connectivity index (χ4v) is 5.12. The summed E-state index contributed by atoms with van der Waals surface area (Å²) in [5, 5.41) is 1.95. The van der Waals surface area contributed by atoms with Gasteiger partial charge in [0, 0.05) is 32.1 Å². The normalized spacial score (nSPS) is 19.8. The molecule has 0 aromatic heterocycles. The topological polar surface area (TPSA) is 57.7 Å². The van der Waals surface area contributed by atoms with Crippen molar-refractivity contribution in [1.29, 1.82) is 0 Å². The minimum Gasteiger partial charge on any atom is -0.342 e. The second-order valence-electron chi connectivity index (χ2n) is 6.87. The van der Waals surface area contributed by atoms with E-state index in [4.69, 9.17) is 0 Å². The molecular weight excluding hydrogens is 336 g/mol. The van der Waals surface area contributed by atoms with Crippen molar-refractivity contribution in [3.05, 3.63) is 42.5 Å². The molecule has 2 aliphatic heterocycles. The van der Waals surface area contributed by atoms with E-state index in [1.807, 2.05) is 35.2 Å². The molecule has 4 rings (SSSR count). The van der Waals surface area contributed by atoms with E-state index in [2.05, 4.69) is 0 Å². The summed E-state index contributed by atoms with van der Waals surface area (Å²) in [6.45, 7) is 2.54. The lowest BCUT2D eigenvalue weighted by Crippen LogP contribution is -2.48. The van der Waals surface area contributed by atoms with Gasteiger partial charge in [-0.2, -0.15) is 4.31 Å². The number of nitrogens with zero attached hydrogens (tertiary/aromatic N) is 2. The van der Waals surface area contributed by atoms with Gasteiger partial charge in [-0.05, 0) is 42.2 Å². The largest absolute Gasteiger partial charge is 0.342 e. The van der Waals surface area contributed by atoms with Gasteiger partial charge in [-0.3, -0.25) is 4.79 Å². The minimum atomic E-state index is -3.51. The van der Waals surface area contributed by atoms with Crippen LogP contribution in [0.3, 0.4) is 0 Å². The molecule has 0 unspecified atom stereocenters. The zero-order chi connectivity index (χ0) is 17.4. The fraction of sp³-hybridized carbons (Fsp3) is 0.421. The van der Waals surface area contributed by atoms with Crippen LogP contribution in [0.15, 0.2) is 47.4 Å². The Hall–Kier alpha value is -1.92. The standard InChI is InChI=1S/C19H22N2O3S/c22-19(20-10-3-11-20)16-8-12-21(13-9-16)25(23,24)18-7-6-15-4-1-2-5-17(15)14-18/h1-2,4-7,14,16H,3,8-13H2. The molecule has 2 aromatic carbocycles. The van der Waals surface area contributed by atoms with Crippen molar-refractivity contribution >= 4 is 26.7 Å². The summed E-state index contributed by atoms with van der Waals surface area (Å²) in [5.41, 5.74) is 0. The maximum absolute atomic E-state index is 12.9. The van der Waals surface area contributed by atoms with Crippen molar-refractivity contribution < 1.29 is 13.2 Å². The molecule has 2 aliphatic rings. The quantitative estimate of drug-likeness (QED) is 0.847. The number of benzene rings is 2. The predicted molar refractivity (Wildman–Crippen MR) is 96.6 cm³/mol. The fourth-order valence-electron chi connectivity index (χ4n) is 3.61. The molecule has 5 nitrogen and oxygen atoms in total. The molecule has 0 saturated carbocycles. The lowest BCUT2D eigenvalue weighted by atomic mass is 9.95. The highest BCUT2D eigenvalue weighted by atomic mass is 32.2. The summed E-state index contributed by atoms with van der Waals surface area (Å²) in [6, 6.07) is 13.0. The Bertz CT molecular complexity index is 898. The first kappa shape index (κ1) is 16.5. The van der Waals surface area contributed by atoms with Gasteiger partial charge in [0.1, 0.15) is 0 Å². The summed E-state index contributed by atoms with van der Waals surface area (Å²) in [5.74, 6) is 0.178. The van der Waals surface area contributed by atoms with Gasteiger partial charge in [0.15, 0.2) is 0 Å². The first-order valence-corrected chi connectivity index (χ1v) is 10.3. The number of hydrogen-bond donors (Lipinski definition) is 0. The van der Waals surface area contributed by atoms with Crippen LogP contribution in [0.2, 0.25) is 0 Å². The Morgan fingerprint density at radius 1 is 0.920 bits per heavy atom. The second kappa shape index (κ2) is 6.42. The van der Waals surface area contributed by atoms with E-state index in [-0.39, 0.29) is 11.8 Å². The molecular formula is C19H22N2O3S. The molecule has 2 heterocycles. The van der Waals surface area contributed by atoms with Crippen LogP contribution < -0.4 is 0 Å². The van der Waals surface area contributed by atoms with E-state index in [0.717, 1.165) is 30.3 Å². The average molecular weight is 358 g/mol. The lowest BCUT2D eigenvalue weighted by Gasteiger charge is -2.37. The second-order valence-corrected chi connectivity index (χ2v) is 8.80. The van der Waals surface area contributed by atoms with Gasteiger partial charge in [-0.25, -0.2) is 8.42 Å². The summed E-state index contributed by atoms with van der Waals surface area (Å²) < 4.78 is 27.4. The Kier molecular flexibility index (Phi) is 4.25. The van der Waals surface area contributed by atoms with Crippen molar-refractivity contribution in [2.24, 2.45) is 5.92 Å². The monoisotopic (exact) mass is 358 g/mol. The van der Waals surface area contributed by atoms with Crippen LogP contribution in [0.5, 0.6) is 0 Å². The van der Waals surface area contributed by atoms with Crippen LogP contribution in [0.25, 0.3) is 10.8 Å². The van der Waals surface area contributed by atoms with Gasteiger partial charge in [-0.15, -0.1) is 0 Å². The molecule has 0 bridgehead atoms. The number of rotatable bonds is 3. The van der Waals surface area contributed by atoms with Gasteiger partial charge < -0.3 is 4.90 Å². The van der Waals surface area contributed by atoms with Crippen LogP contribution in [0, 0.1) is 5.92 Å². The van der Waals surface area contributed by atoms with E-state index in [1.54, 1.807) is 12.1 Å². The van der Waals surface area contributed by atoms with E-state index in [0.29, 0.717) is 30.8 Å². The first-order chi connectivity index (χ1) is 12.1. The van der Waals surface area contributed by atoms with Crippen LogP contribution in [-0.4, -0.2) is 49.7 Å². The molecule has 6 heteroatoms. The van der Waals surface area contributed by atoms with Crippen molar-refractivity contribution in [2.75, 3.05) is 26.2 Å². The molecule has 0 radical (unpaired) electrons. The Morgan fingerprint density at radius 2 is 1.60 bits per heavy atom. The van der Waals surface area contributed by atoms with Crippen LogP contribution >= 0.6 is 0 Å². The number of fused-ring (bicyclic) bond motifs is 1. The Balaban J connectivity index is 1.49. The van der Waals surface area contributed by atoms with Crippen molar-refractivity contribution in [1.82, 2.24) is 9.21 Å². The summed E-state index contributed by atoms with van der Waals surface area (Å²) in [4.78, 5) is 14.5. The number of carbonyl (C=O) groups is 1. The molecule has 25 heavy (non-hydrogen) atoms. The predicted octanol–water partition coefficient (Wildman–Crippen LogP) is 2.47. The van der Waals surface area contributed by atoms with E-state index in [1.165, 1.54) is 4.31 Å².